The molecule has 35 heavy (non-hydrogen) atoms. The number of hydrogen-bond donors (Lipinski definition) is 4. The van der Waals surface area contributed by atoms with Gasteiger partial charge in [-0.25, -0.2) is 9.37 Å². The van der Waals surface area contributed by atoms with E-state index in [1.54, 1.807) is 25.1 Å². The summed E-state index contributed by atoms with van der Waals surface area (Å²) in [6, 6.07) is 11.3. The molecule has 9 heteroatoms. The summed E-state index contributed by atoms with van der Waals surface area (Å²) in [5, 5.41) is 23.5. The van der Waals surface area contributed by atoms with Crippen LogP contribution in [0.25, 0.3) is 0 Å². The van der Waals surface area contributed by atoms with Gasteiger partial charge in [0, 0.05) is 61.2 Å². The lowest BCUT2D eigenvalue weighted by atomic mass is 10.1. The Bertz CT molecular complexity index is 1210. The van der Waals surface area contributed by atoms with E-state index in [4.69, 9.17) is 10.5 Å². The van der Waals surface area contributed by atoms with E-state index in [0.29, 0.717) is 30.9 Å². The lowest BCUT2D eigenvalue weighted by Gasteiger charge is -2.25. The van der Waals surface area contributed by atoms with Gasteiger partial charge in [0.2, 0.25) is 5.95 Å². The Morgan fingerprint density at radius 1 is 1.29 bits per heavy atom. The molecule has 2 aromatic carbocycles. The number of aromatic nitrogens is 2. The fraction of sp³-hybridized carbons (Fsp3) is 0.308. The third-order valence-electron chi connectivity index (χ3n) is 5.48. The van der Waals surface area contributed by atoms with Crippen LogP contribution in [0, 0.1) is 18.2 Å². The number of hydrogen-bond acceptors (Lipinski definition) is 8. The van der Waals surface area contributed by atoms with Crippen LogP contribution in [-0.2, 0) is 0 Å². The molecule has 3 aromatic rings. The smallest absolute Gasteiger partial charge is 0.229 e. The zero-order valence-corrected chi connectivity index (χ0v) is 20.6. The Balaban J connectivity index is 1.96. The van der Waals surface area contributed by atoms with Gasteiger partial charge in [0.15, 0.2) is 11.6 Å². The molecule has 0 saturated heterocycles. The van der Waals surface area contributed by atoms with Gasteiger partial charge in [0.05, 0.1) is 11.9 Å². The summed E-state index contributed by atoms with van der Waals surface area (Å²) in [7, 11) is 1.71. The van der Waals surface area contributed by atoms with Crippen molar-refractivity contribution < 1.29 is 9.50 Å². The van der Waals surface area contributed by atoms with E-state index in [2.05, 4.69) is 25.6 Å². The van der Waals surface area contributed by atoms with Gasteiger partial charge in [-0.05, 0) is 57.0 Å². The van der Waals surface area contributed by atoms with Crippen molar-refractivity contribution in [3.05, 3.63) is 65.1 Å². The monoisotopic (exact) mass is 477 g/mol. The number of rotatable bonds is 11. The van der Waals surface area contributed by atoms with Crippen LogP contribution in [-0.4, -0.2) is 53.7 Å². The second kappa shape index (κ2) is 12.0. The lowest BCUT2D eigenvalue weighted by Crippen LogP contribution is -2.21. The maximum atomic E-state index is 14.9. The molecule has 0 bridgehead atoms. The fourth-order valence-electron chi connectivity index (χ4n) is 3.77. The van der Waals surface area contributed by atoms with Gasteiger partial charge in [0.25, 0.3) is 0 Å². The van der Waals surface area contributed by atoms with Gasteiger partial charge in [-0.15, -0.1) is 0 Å². The number of aliphatic imine (C=N–C) groups is 1. The number of aliphatic hydroxyl groups excluding tert-OH is 1. The van der Waals surface area contributed by atoms with E-state index in [1.165, 1.54) is 0 Å². The van der Waals surface area contributed by atoms with E-state index in [-0.39, 0.29) is 18.4 Å². The quantitative estimate of drug-likeness (QED) is 0.227. The molecule has 0 fully saturated rings. The molecule has 0 aliphatic rings. The minimum Gasteiger partial charge on any atom is -0.396 e. The molecule has 8 nitrogen and oxygen atoms in total. The van der Waals surface area contributed by atoms with E-state index < -0.39 is 5.82 Å². The van der Waals surface area contributed by atoms with Crippen LogP contribution in [0.3, 0.4) is 0 Å². The predicted octanol–water partition coefficient (Wildman–Crippen LogP) is 5.06. The SMILES string of the molecule is CCN(c1cccc(C)c1C=NC)c1nc(Nc2ccc(C(C)=N)c(NCCCO)c2)ncc1F. The first kappa shape index (κ1) is 25.8. The second-order valence-electron chi connectivity index (χ2n) is 8.02. The summed E-state index contributed by atoms with van der Waals surface area (Å²) in [6.45, 7) is 6.79. The Labute approximate surface area is 205 Å². The minimum atomic E-state index is -0.528. The van der Waals surface area contributed by atoms with Crippen molar-refractivity contribution in [1.29, 1.82) is 5.41 Å². The number of aliphatic hydroxyl groups is 1. The molecule has 0 atom stereocenters. The molecule has 0 spiro atoms. The van der Waals surface area contributed by atoms with Crippen LogP contribution in [0.15, 0.2) is 47.6 Å². The second-order valence-corrected chi connectivity index (χ2v) is 8.02. The first-order valence-electron chi connectivity index (χ1n) is 11.5. The molecule has 1 aromatic heterocycles. The fourth-order valence-corrected chi connectivity index (χ4v) is 3.77. The highest BCUT2D eigenvalue weighted by molar-refractivity contribution is 6.02. The van der Waals surface area contributed by atoms with Crippen molar-refractivity contribution in [1.82, 2.24) is 9.97 Å². The normalized spacial score (nSPS) is 11.0. The zero-order chi connectivity index (χ0) is 25.4. The van der Waals surface area contributed by atoms with Crippen LogP contribution in [0.2, 0.25) is 0 Å². The van der Waals surface area contributed by atoms with E-state index in [1.807, 2.05) is 50.2 Å². The lowest BCUT2D eigenvalue weighted by molar-refractivity contribution is 0.292. The van der Waals surface area contributed by atoms with E-state index in [0.717, 1.165) is 34.3 Å². The molecule has 1 heterocycles. The van der Waals surface area contributed by atoms with Gasteiger partial charge < -0.3 is 26.0 Å². The van der Waals surface area contributed by atoms with Gasteiger partial charge in [-0.2, -0.15) is 4.98 Å². The third-order valence-corrected chi connectivity index (χ3v) is 5.48. The third kappa shape index (κ3) is 6.19. The number of aryl methyl sites for hydroxylation is 1. The molecule has 0 aliphatic heterocycles. The highest BCUT2D eigenvalue weighted by Crippen LogP contribution is 2.31. The average Bonchev–Trinajstić information content (AvgIpc) is 2.83. The number of nitrogens with zero attached hydrogens (tertiary/aromatic N) is 4. The first-order valence-corrected chi connectivity index (χ1v) is 11.5. The van der Waals surface area contributed by atoms with Crippen LogP contribution in [0.5, 0.6) is 0 Å². The number of anilines is 5. The van der Waals surface area contributed by atoms with E-state index >= 15 is 0 Å². The van der Waals surface area contributed by atoms with Gasteiger partial charge >= 0.3 is 0 Å². The summed E-state index contributed by atoms with van der Waals surface area (Å²) in [4.78, 5) is 14.6. The molecule has 4 N–H and O–H groups in total. The summed E-state index contributed by atoms with van der Waals surface area (Å²) in [5.41, 5.74) is 5.38. The van der Waals surface area contributed by atoms with Gasteiger partial charge in [0.1, 0.15) is 0 Å². The maximum absolute atomic E-state index is 14.9. The molecule has 0 amide bonds. The summed E-state index contributed by atoms with van der Waals surface area (Å²) in [5.74, 6) is -0.118. The Hall–Kier alpha value is -3.85. The maximum Gasteiger partial charge on any atom is 0.229 e. The largest absolute Gasteiger partial charge is 0.396 e. The Morgan fingerprint density at radius 2 is 2.09 bits per heavy atom. The Kier molecular flexibility index (Phi) is 8.86. The molecule has 3 rings (SSSR count). The van der Waals surface area contributed by atoms with Crippen molar-refractivity contribution in [3.63, 3.8) is 0 Å². The van der Waals surface area contributed by atoms with Crippen LogP contribution in [0.4, 0.5) is 33.2 Å². The molecule has 0 saturated carbocycles. The van der Waals surface area contributed by atoms with E-state index in [9.17, 15) is 4.39 Å². The average molecular weight is 478 g/mol. The number of nitrogens with one attached hydrogen (secondary N) is 3. The highest BCUT2D eigenvalue weighted by Gasteiger charge is 2.19. The molecule has 0 aliphatic carbocycles. The van der Waals surface area contributed by atoms with Gasteiger partial charge in [-0.1, -0.05) is 12.1 Å². The zero-order valence-electron chi connectivity index (χ0n) is 20.6. The summed E-state index contributed by atoms with van der Waals surface area (Å²) in [6.07, 6.45) is 3.52. The van der Waals surface area contributed by atoms with Gasteiger partial charge in [-0.3, -0.25) is 4.99 Å². The molecular weight excluding hydrogens is 445 g/mol. The first-order chi connectivity index (χ1) is 16.9. The van der Waals surface area contributed by atoms with Crippen LogP contribution < -0.4 is 15.5 Å². The van der Waals surface area contributed by atoms with Crippen LogP contribution in [0.1, 0.15) is 37.0 Å². The van der Waals surface area contributed by atoms with Crippen molar-refractivity contribution >= 4 is 40.8 Å². The summed E-state index contributed by atoms with van der Waals surface area (Å²) >= 11 is 0. The van der Waals surface area contributed by atoms with Crippen molar-refractivity contribution in [2.75, 3.05) is 42.3 Å². The minimum absolute atomic E-state index is 0.0801. The summed E-state index contributed by atoms with van der Waals surface area (Å²) < 4.78 is 14.9. The molecule has 184 valence electrons. The Morgan fingerprint density at radius 3 is 2.77 bits per heavy atom. The van der Waals surface area contributed by atoms with Crippen molar-refractivity contribution in [2.45, 2.75) is 27.2 Å². The van der Waals surface area contributed by atoms with Crippen molar-refractivity contribution in [2.24, 2.45) is 4.99 Å². The number of halogens is 1. The molecule has 0 unspecified atom stereocenters. The predicted molar refractivity (Wildman–Crippen MR) is 142 cm³/mol. The van der Waals surface area contributed by atoms with Crippen LogP contribution >= 0.6 is 0 Å². The highest BCUT2D eigenvalue weighted by atomic mass is 19.1. The standard InChI is InChI=1S/C26H32FN7O/c1-5-34(24-9-6-8-17(2)21(24)15-29-4)25-22(27)16-31-26(33-25)32-19-10-11-20(18(3)28)23(14-19)30-12-7-13-35/h6,8-11,14-16,28,30,35H,5,7,12-13H2,1-4H3,(H,31,32,33). The van der Waals surface area contributed by atoms with Crippen molar-refractivity contribution in [3.8, 4) is 0 Å². The molecular formula is C26H32FN7O. The number of benzene rings is 2. The molecule has 0 radical (unpaired) electrons. The topological polar surface area (TPSA) is 110 Å².